The van der Waals surface area contributed by atoms with Gasteiger partial charge in [-0.25, -0.2) is 0 Å². The molecule has 2 aromatic carbocycles. The smallest absolute Gasteiger partial charge is 0.124 e. The third-order valence-electron chi connectivity index (χ3n) is 6.39. The van der Waals surface area contributed by atoms with E-state index in [1.165, 1.54) is 83.5 Å². The summed E-state index contributed by atoms with van der Waals surface area (Å²) in [7, 11) is 0. The van der Waals surface area contributed by atoms with Crippen molar-refractivity contribution in [3.63, 3.8) is 0 Å². The van der Waals surface area contributed by atoms with Crippen molar-refractivity contribution < 1.29 is 15.3 Å². The summed E-state index contributed by atoms with van der Waals surface area (Å²) in [4.78, 5) is 0. The number of aliphatic hydroxyl groups excluding tert-OH is 1. The molecule has 0 spiro atoms. The van der Waals surface area contributed by atoms with Gasteiger partial charge in [-0.05, 0) is 31.1 Å². The Kier molecular flexibility index (Phi) is 13.2. The molecule has 0 aliphatic rings. The number of hydrogen-bond acceptors (Lipinski definition) is 3. The Bertz CT molecular complexity index is 825. The molecule has 33 heavy (non-hydrogen) atoms. The van der Waals surface area contributed by atoms with E-state index >= 15 is 0 Å². The Labute approximate surface area is 201 Å². The van der Waals surface area contributed by atoms with Crippen LogP contribution in [0, 0.1) is 0 Å². The number of para-hydroxylation sites is 1. The van der Waals surface area contributed by atoms with E-state index in [4.69, 9.17) is 0 Å². The maximum absolute atomic E-state index is 10.7. The monoisotopic (exact) mass is 452 g/mol. The second-order valence-corrected chi connectivity index (χ2v) is 9.19. The van der Waals surface area contributed by atoms with Crippen molar-refractivity contribution in [1.29, 1.82) is 0 Å². The molecule has 0 saturated heterocycles. The quantitative estimate of drug-likeness (QED) is 0.165. The minimum absolute atomic E-state index is 0.0467. The summed E-state index contributed by atoms with van der Waals surface area (Å²) in [6.07, 6.45) is 21.3. The van der Waals surface area contributed by atoms with Gasteiger partial charge in [0.25, 0.3) is 0 Å². The van der Waals surface area contributed by atoms with E-state index in [0.29, 0.717) is 16.7 Å². The third-order valence-corrected chi connectivity index (χ3v) is 6.39. The predicted molar refractivity (Wildman–Crippen MR) is 141 cm³/mol. The first kappa shape index (κ1) is 26.8. The number of benzene rings is 2. The molecule has 0 saturated carbocycles. The number of rotatable bonds is 17. The molecule has 0 bridgehead atoms. The van der Waals surface area contributed by atoms with Crippen LogP contribution in [0.5, 0.6) is 11.5 Å². The largest absolute Gasteiger partial charge is 0.508 e. The van der Waals surface area contributed by atoms with Crippen LogP contribution >= 0.6 is 0 Å². The Hall–Kier alpha value is -2.42. The van der Waals surface area contributed by atoms with E-state index in [1.54, 1.807) is 42.5 Å². The average molecular weight is 453 g/mol. The van der Waals surface area contributed by atoms with Gasteiger partial charge in [-0.1, -0.05) is 121 Å². The van der Waals surface area contributed by atoms with E-state index in [0.717, 1.165) is 12.8 Å². The zero-order chi connectivity index (χ0) is 23.7. The fourth-order valence-corrected chi connectivity index (χ4v) is 4.41. The van der Waals surface area contributed by atoms with Crippen molar-refractivity contribution in [2.75, 3.05) is 0 Å². The number of aromatic hydroxyl groups is 2. The molecule has 0 unspecified atom stereocenters. The predicted octanol–water partition coefficient (Wildman–Crippen LogP) is 9.54. The first-order valence-electron chi connectivity index (χ1n) is 13.1. The van der Waals surface area contributed by atoms with Crippen molar-refractivity contribution >= 4 is 5.76 Å². The van der Waals surface area contributed by atoms with Gasteiger partial charge in [0, 0.05) is 16.7 Å². The lowest BCUT2D eigenvalue weighted by Gasteiger charge is -2.12. The van der Waals surface area contributed by atoms with Gasteiger partial charge in [-0.15, -0.1) is 0 Å². The summed E-state index contributed by atoms with van der Waals surface area (Å²) in [6.45, 7) is 2.27. The Balaban J connectivity index is 1.64. The third kappa shape index (κ3) is 9.94. The van der Waals surface area contributed by atoms with Crippen LogP contribution in [0.1, 0.15) is 109 Å². The summed E-state index contributed by atoms with van der Waals surface area (Å²) in [5.74, 6) is 0.282. The molecule has 3 nitrogen and oxygen atoms in total. The standard InChI is InChI=1S/C30H44O3/c1-2-3-4-5-6-7-8-9-10-11-12-13-14-15-16-22-27(31)26-21-19-24-29(33)30(26)25-20-17-18-23-28(25)32/h17-24,31-33H,2-16H2,1H3. The Morgan fingerprint density at radius 2 is 1.15 bits per heavy atom. The lowest BCUT2D eigenvalue weighted by atomic mass is 9.96. The van der Waals surface area contributed by atoms with Gasteiger partial charge in [0.05, 0.1) is 0 Å². The second kappa shape index (κ2) is 16.2. The Morgan fingerprint density at radius 3 is 1.73 bits per heavy atom. The lowest BCUT2D eigenvalue weighted by molar-refractivity contribution is 0.467. The average Bonchev–Trinajstić information content (AvgIpc) is 2.82. The maximum Gasteiger partial charge on any atom is 0.124 e. The maximum atomic E-state index is 10.7. The van der Waals surface area contributed by atoms with Crippen LogP contribution in [0.3, 0.4) is 0 Å². The molecule has 0 fully saturated rings. The van der Waals surface area contributed by atoms with Gasteiger partial charge in [-0.3, -0.25) is 0 Å². The zero-order valence-electron chi connectivity index (χ0n) is 20.6. The van der Waals surface area contributed by atoms with Crippen molar-refractivity contribution in [3.8, 4) is 22.6 Å². The minimum Gasteiger partial charge on any atom is -0.508 e. The molecular weight excluding hydrogens is 408 g/mol. The molecule has 0 atom stereocenters. The summed E-state index contributed by atoms with van der Waals surface area (Å²) in [5.41, 5.74) is 1.52. The molecule has 0 amide bonds. The van der Waals surface area contributed by atoms with Crippen molar-refractivity contribution in [3.05, 3.63) is 54.1 Å². The van der Waals surface area contributed by atoms with Crippen LogP contribution < -0.4 is 0 Å². The number of aliphatic hydroxyl groups is 1. The molecule has 0 aliphatic carbocycles. The minimum atomic E-state index is 0.0467. The van der Waals surface area contributed by atoms with Crippen LogP contribution in [0.4, 0.5) is 0 Å². The molecule has 3 heteroatoms. The van der Waals surface area contributed by atoms with Crippen LogP contribution in [0.2, 0.25) is 0 Å². The zero-order valence-corrected chi connectivity index (χ0v) is 20.6. The van der Waals surface area contributed by atoms with E-state index in [2.05, 4.69) is 6.92 Å². The van der Waals surface area contributed by atoms with Crippen LogP contribution in [-0.2, 0) is 0 Å². The first-order chi connectivity index (χ1) is 16.1. The first-order valence-corrected chi connectivity index (χ1v) is 13.1. The van der Waals surface area contributed by atoms with Crippen molar-refractivity contribution in [2.45, 2.75) is 103 Å². The highest BCUT2D eigenvalue weighted by Gasteiger charge is 2.15. The molecule has 3 N–H and O–H groups in total. The van der Waals surface area contributed by atoms with Gasteiger partial charge >= 0.3 is 0 Å². The molecule has 182 valence electrons. The summed E-state index contributed by atoms with van der Waals surface area (Å²) < 4.78 is 0. The van der Waals surface area contributed by atoms with Gasteiger partial charge < -0.3 is 15.3 Å². The fraction of sp³-hybridized carbons (Fsp3) is 0.533. The summed E-state index contributed by atoms with van der Waals surface area (Å²) in [5, 5.41) is 31.2. The summed E-state index contributed by atoms with van der Waals surface area (Å²) >= 11 is 0. The highest BCUT2D eigenvalue weighted by atomic mass is 16.3. The fourth-order valence-electron chi connectivity index (χ4n) is 4.41. The number of phenols is 2. The van der Waals surface area contributed by atoms with Crippen LogP contribution in [0.25, 0.3) is 16.9 Å². The summed E-state index contributed by atoms with van der Waals surface area (Å²) in [6, 6.07) is 11.9. The molecule has 0 aliphatic heterocycles. The second-order valence-electron chi connectivity index (χ2n) is 9.19. The van der Waals surface area contributed by atoms with Gasteiger partial charge in [0.1, 0.15) is 17.3 Å². The lowest BCUT2D eigenvalue weighted by Crippen LogP contribution is -1.91. The van der Waals surface area contributed by atoms with Crippen molar-refractivity contribution in [1.82, 2.24) is 0 Å². The van der Waals surface area contributed by atoms with Gasteiger partial charge in [-0.2, -0.15) is 0 Å². The topological polar surface area (TPSA) is 60.7 Å². The molecule has 2 aromatic rings. The molecule has 0 aromatic heterocycles. The molecule has 2 rings (SSSR count). The van der Waals surface area contributed by atoms with Gasteiger partial charge in [0.15, 0.2) is 0 Å². The number of phenolic OH excluding ortho intramolecular Hbond substituents is 2. The van der Waals surface area contributed by atoms with E-state index in [-0.39, 0.29) is 17.3 Å². The Morgan fingerprint density at radius 1 is 0.636 bits per heavy atom. The highest BCUT2D eigenvalue weighted by molar-refractivity contribution is 5.85. The van der Waals surface area contributed by atoms with Crippen LogP contribution in [-0.4, -0.2) is 15.3 Å². The van der Waals surface area contributed by atoms with Crippen LogP contribution in [0.15, 0.2) is 48.5 Å². The number of hydrogen-bond donors (Lipinski definition) is 3. The highest BCUT2D eigenvalue weighted by Crippen LogP contribution is 2.39. The molecule has 0 radical (unpaired) electrons. The number of unbranched alkanes of at least 4 members (excludes halogenated alkanes) is 14. The van der Waals surface area contributed by atoms with E-state index in [9.17, 15) is 15.3 Å². The van der Waals surface area contributed by atoms with Gasteiger partial charge in [0.2, 0.25) is 0 Å². The van der Waals surface area contributed by atoms with E-state index < -0.39 is 0 Å². The molecule has 0 heterocycles. The normalized spacial score (nSPS) is 11.7. The number of allylic oxidation sites excluding steroid dienone is 1. The SMILES string of the molecule is CCCCCCCCCCCCCCCCC=C(O)c1cccc(O)c1-c1ccccc1O. The van der Waals surface area contributed by atoms with E-state index in [1.807, 2.05) is 6.08 Å². The van der Waals surface area contributed by atoms with Crippen molar-refractivity contribution in [2.24, 2.45) is 0 Å². The molecular formula is C30H44O3.